The lowest BCUT2D eigenvalue weighted by molar-refractivity contribution is -0.149. The fraction of sp³-hybridized carbons (Fsp3) is 0.263. The largest absolute Gasteiger partial charge is 0.497 e. The van der Waals surface area contributed by atoms with Gasteiger partial charge in [0.1, 0.15) is 23.2 Å². The van der Waals surface area contributed by atoms with Gasteiger partial charge >= 0.3 is 5.97 Å². The number of nitrogens with one attached hydrogen (secondary N) is 1. The van der Waals surface area contributed by atoms with Gasteiger partial charge in [0.25, 0.3) is 23.4 Å². The molecule has 2 heterocycles. The molecular weight excluding hydrogens is 705 g/mol. The number of fused-ring (bicyclic) bond motifs is 1. The number of hydrogen-bond acceptors (Lipinski definition) is 10. The first-order valence-corrected chi connectivity index (χ1v) is 16.3. The number of benzene rings is 3. The van der Waals surface area contributed by atoms with Crippen LogP contribution in [0, 0.1) is 12.7 Å². The van der Waals surface area contributed by atoms with Gasteiger partial charge in [0, 0.05) is 43.3 Å². The number of anilines is 1. The average Bonchev–Trinajstić information content (AvgIpc) is 3.33. The molecule has 5 rings (SSSR count). The van der Waals surface area contributed by atoms with E-state index in [1.807, 2.05) is 6.07 Å². The number of pyridine rings is 1. The van der Waals surface area contributed by atoms with Crippen molar-refractivity contribution in [2.75, 3.05) is 33.1 Å². The SMILES string of the molecule is CC(=O)O.CC(=O)O.COc1ccc2c(Oc3ccc(NC(=O)c4c(C)n(C[C@@H](C)OC(=O)CN(C)C)n(-c5ccccc5)c4=O)cc3F)ccnc2c1. The van der Waals surface area contributed by atoms with Gasteiger partial charge in [0.05, 0.1) is 37.1 Å². The summed E-state index contributed by atoms with van der Waals surface area (Å²) in [7, 11) is 5.07. The molecule has 0 aliphatic carbocycles. The number of esters is 1. The topological polar surface area (TPSA) is 192 Å². The summed E-state index contributed by atoms with van der Waals surface area (Å²) in [6.07, 6.45) is 0.944. The van der Waals surface area contributed by atoms with Gasteiger partial charge in [-0.1, -0.05) is 18.2 Å². The summed E-state index contributed by atoms with van der Waals surface area (Å²) in [5.41, 5.74) is 0.915. The second-order valence-corrected chi connectivity index (χ2v) is 12.0. The molecule has 0 aliphatic rings. The molecule has 1 amide bonds. The van der Waals surface area contributed by atoms with Crippen LogP contribution in [-0.4, -0.2) is 87.1 Å². The zero-order valence-corrected chi connectivity index (χ0v) is 30.8. The lowest BCUT2D eigenvalue weighted by atomic mass is 10.2. The molecule has 0 radical (unpaired) electrons. The molecule has 3 N–H and O–H groups in total. The lowest BCUT2D eigenvalue weighted by Gasteiger charge is -2.19. The minimum absolute atomic E-state index is 0.0621. The molecule has 286 valence electrons. The molecule has 5 aromatic rings. The van der Waals surface area contributed by atoms with Gasteiger partial charge in [0.2, 0.25) is 0 Å². The second kappa shape index (κ2) is 19.3. The van der Waals surface area contributed by atoms with Crippen LogP contribution in [-0.2, 0) is 25.7 Å². The van der Waals surface area contributed by atoms with Gasteiger partial charge in [-0.3, -0.25) is 38.5 Å². The van der Waals surface area contributed by atoms with Crippen LogP contribution in [0.15, 0.2) is 83.8 Å². The molecule has 0 bridgehead atoms. The van der Waals surface area contributed by atoms with Gasteiger partial charge in [-0.2, -0.15) is 0 Å². The van der Waals surface area contributed by atoms with E-state index in [2.05, 4.69) is 10.3 Å². The first-order valence-electron chi connectivity index (χ1n) is 16.3. The highest BCUT2D eigenvalue weighted by Gasteiger charge is 2.26. The predicted molar refractivity (Wildman–Crippen MR) is 198 cm³/mol. The van der Waals surface area contributed by atoms with Crippen LogP contribution in [0.2, 0.25) is 0 Å². The summed E-state index contributed by atoms with van der Waals surface area (Å²) in [6, 6.07) is 19.7. The summed E-state index contributed by atoms with van der Waals surface area (Å²) in [5, 5.41) is 18.1. The Bertz CT molecular complexity index is 2150. The van der Waals surface area contributed by atoms with Crippen LogP contribution < -0.4 is 20.3 Å². The van der Waals surface area contributed by atoms with E-state index >= 15 is 4.39 Å². The van der Waals surface area contributed by atoms with Crippen molar-refractivity contribution in [2.24, 2.45) is 0 Å². The van der Waals surface area contributed by atoms with E-state index in [-0.39, 0.29) is 30.1 Å². The minimum Gasteiger partial charge on any atom is -0.497 e. The Kier molecular flexibility index (Phi) is 15.0. The van der Waals surface area contributed by atoms with E-state index in [4.69, 9.17) is 34.0 Å². The number of nitrogens with zero attached hydrogens (tertiary/aromatic N) is 4. The van der Waals surface area contributed by atoms with E-state index in [1.165, 1.54) is 16.8 Å². The van der Waals surface area contributed by atoms with Crippen LogP contribution in [0.3, 0.4) is 0 Å². The molecule has 3 aromatic carbocycles. The number of carboxylic acid groups (broad SMARTS) is 2. The molecule has 0 saturated heterocycles. The zero-order chi connectivity index (χ0) is 40.1. The Labute approximate surface area is 310 Å². The van der Waals surface area contributed by atoms with Crippen LogP contribution in [0.1, 0.15) is 36.8 Å². The number of aromatic nitrogens is 3. The Morgan fingerprint density at radius 2 is 1.59 bits per heavy atom. The van der Waals surface area contributed by atoms with Crippen molar-refractivity contribution < 1.29 is 48.0 Å². The van der Waals surface area contributed by atoms with Gasteiger partial charge in [-0.25, -0.2) is 9.07 Å². The van der Waals surface area contributed by atoms with Gasteiger partial charge in [-0.15, -0.1) is 0 Å². The van der Waals surface area contributed by atoms with Crippen molar-refractivity contribution >= 4 is 40.4 Å². The highest BCUT2D eigenvalue weighted by atomic mass is 19.1. The van der Waals surface area contributed by atoms with Crippen molar-refractivity contribution in [2.45, 2.75) is 40.3 Å². The van der Waals surface area contributed by atoms with Crippen LogP contribution >= 0.6 is 0 Å². The number of likely N-dealkylation sites (N-methyl/N-ethyl adjacent to an activating group) is 1. The summed E-state index contributed by atoms with van der Waals surface area (Å²) >= 11 is 0. The predicted octanol–water partition coefficient (Wildman–Crippen LogP) is 5.36. The maximum atomic E-state index is 15.3. The summed E-state index contributed by atoms with van der Waals surface area (Å²) in [4.78, 5) is 63.5. The molecule has 0 fully saturated rings. The maximum absolute atomic E-state index is 15.3. The highest BCUT2D eigenvalue weighted by molar-refractivity contribution is 6.05. The standard InChI is InChI=1S/C34H34FN5O6.2C2H4O2/c1-21(45-31(41)20-38(3)4)19-39-22(2)32(34(43)40(39)24-9-7-6-8-10-24)33(42)37-23-11-14-30(27(35)17-23)46-29-15-16-36-28-18-25(44-5)12-13-26(28)29;2*1-2(3)4/h6-18,21H,19-20H2,1-5H3,(H,37,42);2*1H3,(H,3,4)/t21-;;/m1../s1. The van der Waals surface area contributed by atoms with E-state index < -0.39 is 41.3 Å². The van der Waals surface area contributed by atoms with Crippen molar-refractivity contribution in [3.05, 3.63) is 106 Å². The van der Waals surface area contributed by atoms with Crippen LogP contribution in [0.5, 0.6) is 17.2 Å². The van der Waals surface area contributed by atoms with Gasteiger partial charge < -0.3 is 29.7 Å². The third-order valence-electron chi connectivity index (χ3n) is 7.15. The van der Waals surface area contributed by atoms with E-state index in [9.17, 15) is 14.4 Å². The molecular formula is C38H42FN5O10. The average molecular weight is 748 g/mol. The Morgan fingerprint density at radius 1 is 0.944 bits per heavy atom. The number of carboxylic acids is 2. The molecule has 54 heavy (non-hydrogen) atoms. The third kappa shape index (κ3) is 11.7. The number of ether oxygens (including phenoxy) is 3. The number of aliphatic carboxylic acids is 2. The number of methoxy groups -OCH3 is 1. The van der Waals surface area contributed by atoms with E-state index in [1.54, 1.807) is 99.4 Å². The monoisotopic (exact) mass is 747 g/mol. The van der Waals surface area contributed by atoms with Crippen LogP contribution in [0.4, 0.5) is 10.1 Å². The van der Waals surface area contributed by atoms with Crippen LogP contribution in [0.25, 0.3) is 16.6 Å². The molecule has 16 heteroatoms. The number of para-hydroxylation sites is 1. The molecule has 0 saturated carbocycles. The maximum Gasteiger partial charge on any atom is 0.320 e. The molecule has 0 unspecified atom stereocenters. The molecule has 0 spiro atoms. The third-order valence-corrected chi connectivity index (χ3v) is 7.15. The first kappa shape index (κ1) is 41.9. The number of halogens is 1. The number of rotatable bonds is 11. The number of carbonyl (C=O) groups is 4. The Hall–Kier alpha value is -6.55. The fourth-order valence-corrected chi connectivity index (χ4v) is 5.05. The number of hydrogen-bond donors (Lipinski definition) is 3. The summed E-state index contributed by atoms with van der Waals surface area (Å²) < 4.78 is 34.9. The normalized spacial score (nSPS) is 11.0. The molecule has 15 nitrogen and oxygen atoms in total. The Balaban J connectivity index is 0.000000892. The van der Waals surface area contributed by atoms with Crippen molar-refractivity contribution in [3.63, 3.8) is 0 Å². The van der Waals surface area contributed by atoms with Gasteiger partial charge in [-0.05, 0) is 70.4 Å². The lowest BCUT2D eigenvalue weighted by Crippen LogP contribution is -2.31. The Morgan fingerprint density at radius 3 is 2.19 bits per heavy atom. The molecule has 0 aliphatic heterocycles. The summed E-state index contributed by atoms with van der Waals surface area (Å²) in [5.74, 6) is -2.56. The molecule has 1 atom stereocenters. The van der Waals surface area contributed by atoms with Crippen molar-refractivity contribution in [1.82, 2.24) is 19.2 Å². The number of carbonyl (C=O) groups excluding carboxylic acids is 2. The van der Waals surface area contributed by atoms with Gasteiger partial charge in [0.15, 0.2) is 11.6 Å². The first-order chi connectivity index (χ1) is 25.5. The fourth-order valence-electron chi connectivity index (χ4n) is 5.05. The molecule has 2 aromatic heterocycles. The van der Waals surface area contributed by atoms with Crippen molar-refractivity contribution in [1.29, 1.82) is 0 Å². The second-order valence-electron chi connectivity index (χ2n) is 12.0. The zero-order valence-electron chi connectivity index (χ0n) is 30.8. The summed E-state index contributed by atoms with van der Waals surface area (Å²) in [6.45, 7) is 5.73. The van der Waals surface area contributed by atoms with E-state index in [0.717, 1.165) is 19.9 Å². The quantitative estimate of drug-likeness (QED) is 0.147. The smallest absolute Gasteiger partial charge is 0.320 e. The van der Waals surface area contributed by atoms with Crippen molar-refractivity contribution in [3.8, 4) is 22.9 Å². The number of amides is 1. The highest BCUT2D eigenvalue weighted by Crippen LogP contribution is 2.33. The van der Waals surface area contributed by atoms with E-state index in [0.29, 0.717) is 33.8 Å². The minimum atomic E-state index is -0.833.